The minimum absolute atomic E-state index is 0.457. The van der Waals surface area contributed by atoms with Gasteiger partial charge in [-0.3, -0.25) is 0 Å². The summed E-state index contributed by atoms with van der Waals surface area (Å²) in [6.07, 6.45) is 4.94. The lowest BCUT2D eigenvalue weighted by Crippen LogP contribution is -2.20. The Morgan fingerprint density at radius 3 is 1.89 bits per heavy atom. The lowest BCUT2D eigenvalue weighted by molar-refractivity contribution is 0.251. The molecular formula is C17H29N. The van der Waals surface area contributed by atoms with Gasteiger partial charge in [0, 0.05) is 0 Å². The second-order valence-electron chi connectivity index (χ2n) is 6.38. The molecule has 0 aromatic heterocycles. The van der Waals surface area contributed by atoms with Crippen LogP contribution in [0.25, 0.3) is 0 Å². The summed E-state index contributed by atoms with van der Waals surface area (Å²) < 4.78 is 0. The highest BCUT2D eigenvalue weighted by atomic mass is 14.5. The molecule has 0 saturated heterocycles. The number of hydrogen-bond acceptors (Lipinski definition) is 1. The first-order valence-corrected chi connectivity index (χ1v) is 7.25. The molecule has 1 aromatic carbocycles. The number of hydrogen-bond donors (Lipinski definition) is 1. The molecule has 0 bridgehead atoms. The maximum absolute atomic E-state index is 5.14. The Morgan fingerprint density at radius 1 is 1.11 bits per heavy atom. The molecular weight excluding hydrogens is 218 g/mol. The predicted molar refractivity (Wildman–Crippen MR) is 80.8 cm³/mol. The van der Waals surface area contributed by atoms with Crippen LogP contribution in [0.5, 0.6) is 0 Å². The fraction of sp³-hybridized carbons (Fsp3) is 0.647. The SMILES string of the molecule is CC(C)(C)C1Cc2ccccc2C1.CCCCN. The summed E-state index contributed by atoms with van der Waals surface area (Å²) >= 11 is 0. The standard InChI is InChI=1S/C13H18.C4H11N/c1-13(2,3)12-8-10-6-4-5-7-11(10)9-12;1-2-3-4-5/h4-7,12H,8-9H2,1-3H3;2-5H2,1H3. The Labute approximate surface area is 113 Å². The summed E-state index contributed by atoms with van der Waals surface area (Å²) in [6.45, 7) is 10.0. The topological polar surface area (TPSA) is 26.0 Å². The quantitative estimate of drug-likeness (QED) is 0.833. The summed E-state index contributed by atoms with van der Waals surface area (Å²) in [4.78, 5) is 0. The summed E-state index contributed by atoms with van der Waals surface area (Å²) in [5, 5.41) is 0. The van der Waals surface area contributed by atoms with Gasteiger partial charge in [-0.25, -0.2) is 0 Å². The van der Waals surface area contributed by atoms with Gasteiger partial charge in [0.25, 0.3) is 0 Å². The molecule has 2 N–H and O–H groups in total. The molecule has 18 heavy (non-hydrogen) atoms. The van der Waals surface area contributed by atoms with Gasteiger partial charge in [-0.1, -0.05) is 58.4 Å². The Kier molecular flexibility index (Phi) is 5.87. The van der Waals surface area contributed by atoms with Crippen LogP contribution >= 0.6 is 0 Å². The first-order valence-electron chi connectivity index (χ1n) is 7.25. The third-order valence-corrected chi connectivity index (χ3v) is 3.83. The highest BCUT2D eigenvalue weighted by Crippen LogP contribution is 2.37. The zero-order valence-corrected chi connectivity index (χ0v) is 12.5. The third-order valence-electron chi connectivity index (χ3n) is 3.83. The van der Waals surface area contributed by atoms with Crippen molar-refractivity contribution in [1.29, 1.82) is 0 Å². The second kappa shape index (κ2) is 6.94. The number of rotatable bonds is 2. The van der Waals surface area contributed by atoms with Gasteiger partial charge in [0.15, 0.2) is 0 Å². The van der Waals surface area contributed by atoms with Gasteiger partial charge < -0.3 is 5.73 Å². The predicted octanol–water partition coefficient (Wildman–Crippen LogP) is 4.19. The van der Waals surface area contributed by atoms with Crippen LogP contribution in [-0.4, -0.2) is 6.54 Å². The Balaban J connectivity index is 0.000000280. The van der Waals surface area contributed by atoms with Gasteiger partial charge in [0.1, 0.15) is 0 Å². The van der Waals surface area contributed by atoms with Crippen molar-refractivity contribution in [2.45, 2.75) is 53.4 Å². The van der Waals surface area contributed by atoms with Crippen molar-refractivity contribution < 1.29 is 0 Å². The second-order valence-corrected chi connectivity index (χ2v) is 6.38. The van der Waals surface area contributed by atoms with E-state index in [0.717, 1.165) is 12.5 Å². The summed E-state index contributed by atoms with van der Waals surface area (Å²) in [7, 11) is 0. The summed E-state index contributed by atoms with van der Waals surface area (Å²) in [6, 6.07) is 8.87. The molecule has 0 amide bonds. The number of unbranched alkanes of at least 4 members (excludes halogenated alkanes) is 1. The Hall–Kier alpha value is -0.820. The van der Waals surface area contributed by atoms with Crippen molar-refractivity contribution >= 4 is 0 Å². The zero-order valence-electron chi connectivity index (χ0n) is 12.5. The van der Waals surface area contributed by atoms with Crippen LogP contribution in [0, 0.1) is 11.3 Å². The van der Waals surface area contributed by atoms with Gasteiger partial charge in [-0.15, -0.1) is 0 Å². The van der Waals surface area contributed by atoms with Gasteiger partial charge in [-0.05, 0) is 48.3 Å². The number of benzene rings is 1. The minimum Gasteiger partial charge on any atom is -0.330 e. The van der Waals surface area contributed by atoms with Crippen LogP contribution in [0.2, 0.25) is 0 Å². The molecule has 0 spiro atoms. The van der Waals surface area contributed by atoms with Crippen molar-refractivity contribution in [3.8, 4) is 0 Å². The zero-order chi connectivity index (χ0) is 13.6. The monoisotopic (exact) mass is 247 g/mol. The molecule has 0 radical (unpaired) electrons. The van der Waals surface area contributed by atoms with Crippen molar-refractivity contribution in [2.75, 3.05) is 6.54 Å². The molecule has 2 rings (SSSR count). The van der Waals surface area contributed by atoms with Crippen molar-refractivity contribution in [1.82, 2.24) is 0 Å². The van der Waals surface area contributed by atoms with Crippen molar-refractivity contribution in [3.05, 3.63) is 35.4 Å². The smallest absolute Gasteiger partial charge is 0.00774 e. The largest absolute Gasteiger partial charge is 0.330 e. The summed E-state index contributed by atoms with van der Waals surface area (Å²) in [5.41, 5.74) is 8.74. The van der Waals surface area contributed by atoms with E-state index in [1.54, 1.807) is 11.1 Å². The van der Waals surface area contributed by atoms with Crippen molar-refractivity contribution in [2.24, 2.45) is 17.1 Å². The fourth-order valence-corrected chi connectivity index (χ4v) is 2.38. The van der Waals surface area contributed by atoms with Crippen LogP contribution in [0.15, 0.2) is 24.3 Å². The van der Waals surface area contributed by atoms with Crippen LogP contribution < -0.4 is 5.73 Å². The minimum atomic E-state index is 0.457. The molecule has 102 valence electrons. The normalized spacial score (nSPS) is 14.9. The maximum atomic E-state index is 5.14. The fourth-order valence-electron chi connectivity index (χ4n) is 2.38. The van der Waals surface area contributed by atoms with Crippen LogP contribution in [0.1, 0.15) is 51.7 Å². The van der Waals surface area contributed by atoms with Gasteiger partial charge >= 0.3 is 0 Å². The lowest BCUT2D eigenvalue weighted by atomic mass is 9.79. The van der Waals surface area contributed by atoms with E-state index in [1.807, 2.05) is 0 Å². The Bertz CT molecular complexity index is 322. The molecule has 1 heteroatoms. The molecule has 1 aromatic rings. The molecule has 1 aliphatic carbocycles. The highest BCUT2D eigenvalue weighted by Gasteiger charge is 2.30. The average molecular weight is 247 g/mol. The van der Waals surface area contributed by atoms with E-state index in [9.17, 15) is 0 Å². The molecule has 0 unspecified atom stereocenters. The molecule has 0 atom stereocenters. The highest BCUT2D eigenvalue weighted by molar-refractivity contribution is 5.32. The number of fused-ring (bicyclic) bond motifs is 1. The van der Waals surface area contributed by atoms with Gasteiger partial charge in [-0.2, -0.15) is 0 Å². The van der Waals surface area contributed by atoms with E-state index >= 15 is 0 Å². The lowest BCUT2D eigenvalue weighted by Gasteiger charge is -2.26. The van der Waals surface area contributed by atoms with Crippen LogP contribution in [0.4, 0.5) is 0 Å². The third kappa shape index (κ3) is 4.45. The molecule has 0 fully saturated rings. The molecule has 0 heterocycles. The van der Waals surface area contributed by atoms with Crippen LogP contribution in [0.3, 0.4) is 0 Å². The molecule has 1 nitrogen and oxygen atoms in total. The Morgan fingerprint density at radius 2 is 1.61 bits per heavy atom. The van der Waals surface area contributed by atoms with Crippen LogP contribution in [-0.2, 0) is 12.8 Å². The molecule has 1 aliphatic rings. The number of nitrogens with two attached hydrogens (primary N) is 1. The van der Waals surface area contributed by atoms with E-state index < -0.39 is 0 Å². The van der Waals surface area contributed by atoms with Gasteiger partial charge in [0.05, 0.1) is 0 Å². The van der Waals surface area contributed by atoms with E-state index in [-0.39, 0.29) is 0 Å². The molecule has 0 saturated carbocycles. The average Bonchev–Trinajstić information content (AvgIpc) is 2.74. The van der Waals surface area contributed by atoms with E-state index in [1.165, 1.54) is 25.7 Å². The van der Waals surface area contributed by atoms with E-state index in [2.05, 4.69) is 52.0 Å². The first kappa shape index (κ1) is 15.2. The molecule has 0 aliphatic heterocycles. The maximum Gasteiger partial charge on any atom is -0.00774 e. The first-order chi connectivity index (χ1) is 8.49. The van der Waals surface area contributed by atoms with Gasteiger partial charge in [0.2, 0.25) is 0 Å². The summed E-state index contributed by atoms with van der Waals surface area (Å²) in [5.74, 6) is 0.838. The van der Waals surface area contributed by atoms with E-state index in [4.69, 9.17) is 5.73 Å². The van der Waals surface area contributed by atoms with E-state index in [0.29, 0.717) is 5.41 Å². The van der Waals surface area contributed by atoms with Crippen molar-refractivity contribution in [3.63, 3.8) is 0 Å².